The van der Waals surface area contributed by atoms with Crippen LogP contribution >= 0.6 is 0 Å². The van der Waals surface area contributed by atoms with Gasteiger partial charge in [0.25, 0.3) is 0 Å². The van der Waals surface area contributed by atoms with Gasteiger partial charge in [0.1, 0.15) is 0 Å². The van der Waals surface area contributed by atoms with Crippen LogP contribution in [0.15, 0.2) is 42.3 Å². The van der Waals surface area contributed by atoms with Crippen molar-refractivity contribution in [1.29, 1.82) is 0 Å². The molecule has 0 aromatic carbocycles. The van der Waals surface area contributed by atoms with Crippen LogP contribution in [0.5, 0.6) is 0 Å². The second kappa shape index (κ2) is 4.95. The fourth-order valence-corrected chi connectivity index (χ4v) is 0.309. The Morgan fingerprint density at radius 1 is 1.67 bits per heavy atom. The zero-order chi connectivity index (χ0) is 7.11. The minimum atomic E-state index is 0.657. The SMILES string of the molecule is C=C/C(N)=C\C=C=CC. The molecule has 0 saturated carbocycles. The highest BCUT2D eigenvalue weighted by atomic mass is 14.5. The maximum absolute atomic E-state index is 5.37. The maximum atomic E-state index is 5.37. The highest BCUT2D eigenvalue weighted by Crippen LogP contribution is 1.82. The Balaban J connectivity index is 3.98. The minimum Gasteiger partial charge on any atom is -0.399 e. The first-order valence-corrected chi connectivity index (χ1v) is 2.76. The molecule has 0 saturated heterocycles. The third-order valence-electron chi connectivity index (χ3n) is 0.774. The van der Waals surface area contributed by atoms with Crippen molar-refractivity contribution in [3.63, 3.8) is 0 Å². The second-order valence-electron chi connectivity index (χ2n) is 1.49. The average Bonchev–Trinajstić information content (AvgIpc) is 1.89. The van der Waals surface area contributed by atoms with Crippen molar-refractivity contribution >= 4 is 0 Å². The van der Waals surface area contributed by atoms with Gasteiger partial charge in [-0.1, -0.05) is 6.58 Å². The van der Waals surface area contributed by atoms with Crippen molar-refractivity contribution in [1.82, 2.24) is 0 Å². The van der Waals surface area contributed by atoms with Crippen molar-refractivity contribution in [2.45, 2.75) is 6.92 Å². The van der Waals surface area contributed by atoms with E-state index in [0.717, 1.165) is 0 Å². The monoisotopic (exact) mass is 121 g/mol. The van der Waals surface area contributed by atoms with Gasteiger partial charge in [0.15, 0.2) is 0 Å². The summed E-state index contributed by atoms with van der Waals surface area (Å²) in [6, 6.07) is 0. The molecule has 0 aliphatic carbocycles. The van der Waals surface area contributed by atoms with E-state index in [1.54, 1.807) is 18.2 Å². The van der Waals surface area contributed by atoms with Gasteiger partial charge in [-0.15, -0.1) is 5.73 Å². The first-order chi connectivity index (χ1) is 4.31. The summed E-state index contributed by atoms with van der Waals surface area (Å²) in [7, 11) is 0. The molecule has 0 fully saturated rings. The molecule has 0 radical (unpaired) electrons. The number of rotatable bonds is 2. The molecule has 9 heavy (non-hydrogen) atoms. The summed E-state index contributed by atoms with van der Waals surface area (Å²) < 4.78 is 0. The van der Waals surface area contributed by atoms with Gasteiger partial charge in [0, 0.05) is 5.70 Å². The second-order valence-corrected chi connectivity index (χ2v) is 1.49. The van der Waals surface area contributed by atoms with E-state index in [1.165, 1.54) is 0 Å². The summed E-state index contributed by atoms with van der Waals surface area (Å²) in [6.07, 6.45) is 6.89. The molecular formula is C8H11N. The van der Waals surface area contributed by atoms with Crippen LogP contribution in [-0.4, -0.2) is 0 Å². The van der Waals surface area contributed by atoms with Gasteiger partial charge >= 0.3 is 0 Å². The molecule has 0 aliphatic heterocycles. The molecule has 0 aliphatic rings. The number of hydrogen-bond acceptors (Lipinski definition) is 1. The number of nitrogens with two attached hydrogens (primary N) is 1. The maximum Gasteiger partial charge on any atom is 0.0314 e. The normalized spacial score (nSPS) is 9.67. The van der Waals surface area contributed by atoms with Crippen molar-refractivity contribution in [3.05, 3.63) is 42.3 Å². The topological polar surface area (TPSA) is 26.0 Å². The Labute approximate surface area is 55.9 Å². The molecule has 0 heterocycles. The molecule has 0 atom stereocenters. The quantitative estimate of drug-likeness (QED) is 0.437. The molecule has 0 rings (SSSR count). The standard InChI is InChI=1S/C8H11N/c1-3-5-6-7-8(9)4-2/h3-4,6-7H,2,9H2,1H3/b8-7+. The van der Waals surface area contributed by atoms with E-state index in [1.807, 2.05) is 13.0 Å². The van der Waals surface area contributed by atoms with Crippen LogP contribution in [-0.2, 0) is 0 Å². The largest absolute Gasteiger partial charge is 0.399 e. The average molecular weight is 121 g/mol. The Hall–Kier alpha value is -1.20. The Bertz CT molecular complexity index is 169. The predicted octanol–water partition coefficient (Wildman–Crippen LogP) is 1.75. The molecule has 0 aromatic rings. The van der Waals surface area contributed by atoms with Gasteiger partial charge in [-0.3, -0.25) is 0 Å². The smallest absolute Gasteiger partial charge is 0.0314 e. The van der Waals surface area contributed by atoms with E-state index in [0.29, 0.717) is 5.70 Å². The van der Waals surface area contributed by atoms with Crippen molar-refractivity contribution in [2.75, 3.05) is 0 Å². The predicted molar refractivity (Wildman–Crippen MR) is 40.8 cm³/mol. The first kappa shape index (κ1) is 7.80. The van der Waals surface area contributed by atoms with E-state index in [2.05, 4.69) is 12.3 Å². The summed E-state index contributed by atoms with van der Waals surface area (Å²) in [5, 5.41) is 0. The van der Waals surface area contributed by atoms with E-state index in [4.69, 9.17) is 5.73 Å². The van der Waals surface area contributed by atoms with Crippen molar-refractivity contribution < 1.29 is 0 Å². The molecule has 1 heteroatoms. The van der Waals surface area contributed by atoms with Crippen LogP contribution in [0.4, 0.5) is 0 Å². The van der Waals surface area contributed by atoms with Crippen LogP contribution in [0.3, 0.4) is 0 Å². The molecule has 1 nitrogen and oxygen atoms in total. The lowest BCUT2D eigenvalue weighted by Gasteiger charge is -1.82. The fourth-order valence-electron chi connectivity index (χ4n) is 0.309. The van der Waals surface area contributed by atoms with Gasteiger partial charge in [0.2, 0.25) is 0 Å². The van der Waals surface area contributed by atoms with Crippen LogP contribution in [0.25, 0.3) is 0 Å². The lowest BCUT2D eigenvalue weighted by Crippen LogP contribution is -1.89. The zero-order valence-electron chi connectivity index (χ0n) is 5.59. The molecule has 0 spiro atoms. The summed E-state index contributed by atoms with van der Waals surface area (Å²) >= 11 is 0. The van der Waals surface area contributed by atoms with Gasteiger partial charge in [-0.25, -0.2) is 0 Å². The van der Waals surface area contributed by atoms with E-state index in [9.17, 15) is 0 Å². The third kappa shape index (κ3) is 4.66. The van der Waals surface area contributed by atoms with Crippen molar-refractivity contribution in [2.24, 2.45) is 5.73 Å². The summed E-state index contributed by atoms with van der Waals surface area (Å²) in [6.45, 7) is 5.39. The molecule has 0 bridgehead atoms. The fraction of sp³-hybridized carbons (Fsp3) is 0.125. The van der Waals surface area contributed by atoms with Gasteiger partial charge in [-0.05, 0) is 31.2 Å². The van der Waals surface area contributed by atoms with Crippen LogP contribution in [0.1, 0.15) is 6.92 Å². The number of allylic oxidation sites excluding steroid dienone is 3. The number of hydrogen-bond donors (Lipinski definition) is 1. The van der Waals surface area contributed by atoms with Gasteiger partial charge in [0.05, 0.1) is 0 Å². The molecule has 2 N–H and O–H groups in total. The highest BCUT2D eigenvalue weighted by Gasteiger charge is 1.70. The molecule has 48 valence electrons. The van der Waals surface area contributed by atoms with Crippen molar-refractivity contribution in [3.8, 4) is 0 Å². The van der Waals surface area contributed by atoms with Gasteiger partial charge < -0.3 is 5.73 Å². The highest BCUT2D eigenvalue weighted by molar-refractivity contribution is 5.17. The van der Waals surface area contributed by atoms with E-state index < -0.39 is 0 Å². The van der Waals surface area contributed by atoms with E-state index in [-0.39, 0.29) is 0 Å². The van der Waals surface area contributed by atoms with E-state index >= 15 is 0 Å². The zero-order valence-corrected chi connectivity index (χ0v) is 5.59. The minimum absolute atomic E-state index is 0.657. The summed E-state index contributed by atoms with van der Waals surface area (Å²) in [5.41, 5.74) is 8.89. The molecular weight excluding hydrogens is 110 g/mol. The Morgan fingerprint density at radius 2 is 2.33 bits per heavy atom. The molecule has 0 aromatic heterocycles. The molecule has 0 unspecified atom stereocenters. The van der Waals surface area contributed by atoms with Gasteiger partial charge in [-0.2, -0.15) is 0 Å². The van der Waals surface area contributed by atoms with Crippen LogP contribution in [0, 0.1) is 0 Å². The summed E-state index contributed by atoms with van der Waals surface area (Å²) in [5.74, 6) is 0. The first-order valence-electron chi connectivity index (χ1n) is 2.76. The summed E-state index contributed by atoms with van der Waals surface area (Å²) in [4.78, 5) is 0. The Morgan fingerprint density at radius 3 is 2.78 bits per heavy atom. The Kier molecular flexibility index (Phi) is 4.29. The molecule has 0 amide bonds. The lowest BCUT2D eigenvalue weighted by atomic mass is 10.4. The third-order valence-corrected chi connectivity index (χ3v) is 0.774. The van der Waals surface area contributed by atoms with Crippen LogP contribution in [0.2, 0.25) is 0 Å². The lowest BCUT2D eigenvalue weighted by molar-refractivity contribution is 1.43. The van der Waals surface area contributed by atoms with Crippen LogP contribution < -0.4 is 5.73 Å².